The second-order valence-corrected chi connectivity index (χ2v) is 3.69. The van der Waals surface area contributed by atoms with Crippen LogP contribution in [0.1, 0.15) is 18.1 Å². The van der Waals surface area contributed by atoms with Crippen molar-refractivity contribution in [3.63, 3.8) is 0 Å². The number of hydrogen-bond acceptors (Lipinski definition) is 3. The third-order valence-electron chi connectivity index (χ3n) is 2.45. The Hall–Kier alpha value is -1.78. The van der Waals surface area contributed by atoms with E-state index in [1.165, 1.54) is 13.0 Å². The van der Waals surface area contributed by atoms with Crippen molar-refractivity contribution < 1.29 is 18.7 Å². The second kappa shape index (κ2) is 6.84. The van der Waals surface area contributed by atoms with E-state index in [0.717, 1.165) is 0 Å². The summed E-state index contributed by atoms with van der Waals surface area (Å²) in [5.74, 6) is -0.187. The van der Waals surface area contributed by atoms with E-state index in [2.05, 4.69) is 6.58 Å². The molecule has 0 N–H and O–H groups in total. The molecule has 0 aliphatic heterocycles. The number of halogens is 1. The van der Waals surface area contributed by atoms with Crippen LogP contribution in [0.5, 0.6) is 5.75 Å². The lowest BCUT2D eigenvalue weighted by atomic mass is 9.94. The topological polar surface area (TPSA) is 35.5 Å². The van der Waals surface area contributed by atoms with Crippen LogP contribution in [0, 0.1) is 5.82 Å². The minimum absolute atomic E-state index is 0.156. The zero-order chi connectivity index (χ0) is 13.5. The standard InChI is InChI=1S/C13H16BFO3/c1-3-10-4-5-12(11(8-14)13(10)15)18-7-6-17-9(2)16/h3-5H,1,6-8,14H2,2H3. The Labute approximate surface area is 107 Å². The molecule has 0 aromatic heterocycles. The van der Waals surface area contributed by atoms with Gasteiger partial charge >= 0.3 is 5.97 Å². The van der Waals surface area contributed by atoms with Crippen LogP contribution in [-0.4, -0.2) is 27.0 Å². The highest BCUT2D eigenvalue weighted by Crippen LogP contribution is 2.25. The van der Waals surface area contributed by atoms with Gasteiger partial charge in [-0.3, -0.25) is 4.79 Å². The van der Waals surface area contributed by atoms with Crippen LogP contribution in [0.2, 0.25) is 0 Å². The van der Waals surface area contributed by atoms with Gasteiger partial charge in [0.1, 0.15) is 32.6 Å². The first-order chi connectivity index (χ1) is 8.60. The summed E-state index contributed by atoms with van der Waals surface area (Å²) in [5, 5.41) is 0. The van der Waals surface area contributed by atoms with Gasteiger partial charge in [-0.25, -0.2) is 4.39 Å². The molecule has 0 atom stereocenters. The quantitative estimate of drug-likeness (QED) is 0.436. The maximum atomic E-state index is 13.9. The van der Waals surface area contributed by atoms with Crippen molar-refractivity contribution in [2.45, 2.75) is 13.2 Å². The lowest BCUT2D eigenvalue weighted by Crippen LogP contribution is -2.11. The molecule has 3 nitrogen and oxygen atoms in total. The molecule has 0 aliphatic carbocycles. The van der Waals surface area contributed by atoms with Gasteiger partial charge in [-0.2, -0.15) is 0 Å². The van der Waals surface area contributed by atoms with Crippen LogP contribution in [0.4, 0.5) is 4.39 Å². The van der Waals surface area contributed by atoms with E-state index < -0.39 is 0 Å². The van der Waals surface area contributed by atoms with Crippen molar-refractivity contribution in [3.8, 4) is 5.75 Å². The Bertz CT molecular complexity index is 446. The molecule has 18 heavy (non-hydrogen) atoms. The van der Waals surface area contributed by atoms with Gasteiger partial charge in [0.2, 0.25) is 0 Å². The summed E-state index contributed by atoms with van der Waals surface area (Å²) < 4.78 is 24.1. The third kappa shape index (κ3) is 3.62. The third-order valence-corrected chi connectivity index (χ3v) is 2.45. The fourth-order valence-corrected chi connectivity index (χ4v) is 1.58. The molecule has 0 heterocycles. The Kier molecular flexibility index (Phi) is 5.43. The summed E-state index contributed by atoms with van der Waals surface area (Å²) >= 11 is 0. The molecule has 0 saturated heterocycles. The molecular formula is C13H16BFO3. The van der Waals surface area contributed by atoms with Crippen LogP contribution < -0.4 is 4.74 Å². The van der Waals surface area contributed by atoms with Gasteiger partial charge in [0, 0.05) is 18.1 Å². The normalized spacial score (nSPS) is 9.89. The van der Waals surface area contributed by atoms with Crippen molar-refractivity contribution in [1.29, 1.82) is 0 Å². The molecule has 96 valence electrons. The van der Waals surface area contributed by atoms with E-state index in [4.69, 9.17) is 9.47 Å². The van der Waals surface area contributed by atoms with Crippen LogP contribution in [0.15, 0.2) is 18.7 Å². The molecule has 5 heteroatoms. The minimum Gasteiger partial charge on any atom is -0.490 e. The lowest BCUT2D eigenvalue weighted by Gasteiger charge is -2.12. The van der Waals surface area contributed by atoms with Gasteiger partial charge in [0.25, 0.3) is 0 Å². The zero-order valence-corrected chi connectivity index (χ0v) is 10.7. The first kappa shape index (κ1) is 14.3. The van der Waals surface area contributed by atoms with Crippen molar-refractivity contribution >= 4 is 19.9 Å². The largest absolute Gasteiger partial charge is 0.490 e. The van der Waals surface area contributed by atoms with Crippen molar-refractivity contribution in [2.75, 3.05) is 13.2 Å². The van der Waals surface area contributed by atoms with Gasteiger partial charge in [-0.05, 0) is 12.1 Å². The monoisotopic (exact) mass is 250 g/mol. The Morgan fingerprint density at radius 3 is 2.78 bits per heavy atom. The fraction of sp³-hybridized carbons (Fsp3) is 0.308. The maximum absolute atomic E-state index is 13.9. The molecule has 1 rings (SSSR count). The smallest absolute Gasteiger partial charge is 0.302 e. The predicted molar refractivity (Wildman–Crippen MR) is 70.9 cm³/mol. The zero-order valence-electron chi connectivity index (χ0n) is 10.7. The van der Waals surface area contributed by atoms with Gasteiger partial charge in [-0.1, -0.05) is 19.0 Å². The van der Waals surface area contributed by atoms with E-state index >= 15 is 0 Å². The van der Waals surface area contributed by atoms with Gasteiger partial charge in [0.05, 0.1) is 0 Å². The highest BCUT2D eigenvalue weighted by atomic mass is 19.1. The highest BCUT2D eigenvalue weighted by molar-refractivity contribution is 6.08. The average Bonchev–Trinajstić information content (AvgIpc) is 2.34. The Morgan fingerprint density at radius 2 is 2.22 bits per heavy atom. The molecule has 0 radical (unpaired) electrons. The summed E-state index contributed by atoms with van der Waals surface area (Å²) in [6.45, 7) is 5.25. The predicted octanol–water partition coefficient (Wildman–Crippen LogP) is 1.54. The molecule has 0 bridgehead atoms. The van der Waals surface area contributed by atoms with Gasteiger partial charge in [-0.15, -0.1) is 0 Å². The van der Waals surface area contributed by atoms with Crippen molar-refractivity contribution in [1.82, 2.24) is 0 Å². The summed E-state index contributed by atoms with van der Waals surface area (Å²) in [7, 11) is 1.85. The lowest BCUT2D eigenvalue weighted by molar-refractivity contribution is -0.141. The Balaban J connectivity index is 2.73. The number of benzene rings is 1. The average molecular weight is 250 g/mol. The summed E-state index contributed by atoms with van der Waals surface area (Å²) in [5.41, 5.74) is 0.967. The molecule has 0 amide bonds. The van der Waals surface area contributed by atoms with Gasteiger partial charge < -0.3 is 9.47 Å². The van der Waals surface area contributed by atoms with E-state index in [-0.39, 0.29) is 25.0 Å². The number of hydrogen-bond donors (Lipinski definition) is 0. The SMILES string of the molecule is BCc1c(OCCOC(C)=O)ccc(C=C)c1F. The number of esters is 1. The molecular weight excluding hydrogens is 234 g/mol. The Morgan fingerprint density at radius 1 is 1.50 bits per heavy atom. The summed E-state index contributed by atoms with van der Waals surface area (Å²) in [6, 6.07) is 3.31. The fourth-order valence-electron chi connectivity index (χ4n) is 1.58. The van der Waals surface area contributed by atoms with E-state index in [1.54, 1.807) is 12.1 Å². The van der Waals surface area contributed by atoms with E-state index in [9.17, 15) is 9.18 Å². The van der Waals surface area contributed by atoms with Crippen LogP contribution in [0.25, 0.3) is 6.08 Å². The van der Waals surface area contributed by atoms with Crippen LogP contribution >= 0.6 is 0 Å². The number of carbonyl (C=O) groups is 1. The first-order valence-electron chi connectivity index (χ1n) is 5.80. The van der Waals surface area contributed by atoms with Crippen LogP contribution in [0.3, 0.4) is 0 Å². The van der Waals surface area contributed by atoms with Crippen molar-refractivity contribution in [2.24, 2.45) is 0 Å². The highest BCUT2D eigenvalue weighted by Gasteiger charge is 2.11. The van der Waals surface area contributed by atoms with Crippen molar-refractivity contribution in [3.05, 3.63) is 35.7 Å². The number of ether oxygens (including phenoxy) is 2. The number of rotatable bonds is 6. The molecule has 0 aliphatic rings. The molecule has 1 aromatic rings. The molecule has 0 fully saturated rings. The van der Waals surface area contributed by atoms with Gasteiger partial charge in [0.15, 0.2) is 0 Å². The minimum atomic E-state index is -0.359. The molecule has 0 saturated carbocycles. The second-order valence-electron chi connectivity index (χ2n) is 3.69. The molecule has 0 unspecified atom stereocenters. The first-order valence-corrected chi connectivity index (χ1v) is 5.80. The van der Waals surface area contributed by atoms with E-state index in [0.29, 0.717) is 23.2 Å². The van der Waals surface area contributed by atoms with E-state index in [1.807, 2.05) is 7.85 Å². The summed E-state index contributed by atoms with van der Waals surface area (Å²) in [6.07, 6.45) is 1.99. The summed E-state index contributed by atoms with van der Waals surface area (Å²) in [4.78, 5) is 10.6. The maximum Gasteiger partial charge on any atom is 0.302 e. The number of carbonyl (C=O) groups excluding carboxylic acids is 1. The van der Waals surface area contributed by atoms with Crippen LogP contribution in [-0.2, 0) is 15.9 Å². The molecule has 0 spiro atoms. The molecule has 1 aromatic carbocycles.